The normalized spacial score (nSPS) is 14.7. The minimum Gasteiger partial charge on any atom is -0.462 e. The summed E-state index contributed by atoms with van der Waals surface area (Å²) in [5.74, 6) is -2.27. The molecule has 0 aromatic heterocycles. The number of aliphatic hydroxyl groups is 1. The first-order valence-corrected chi connectivity index (χ1v) is 44.4. The number of hydrogen-bond acceptors (Lipinski definition) is 15. The fourth-order valence-corrected chi connectivity index (χ4v) is 12.0. The fourth-order valence-electron chi connectivity index (χ4n) is 10.5. The Labute approximate surface area is 654 Å². The zero-order valence-electron chi connectivity index (χ0n) is 67.2. The third-order valence-corrected chi connectivity index (χ3v) is 18.6. The molecular weight excluding hydrogens is 1400 g/mol. The van der Waals surface area contributed by atoms with Crippen molar-refractivity contribution < 1.29 is 80.2 Å². The van der Waals surface area contributed by atoms with E-state index in [0.717, 1.165) is 205 Å². The summed E-state index contributed by atoms with van der Waals surface area (Å²) in [4.78, 5) is 73.2. The summed E-state index contributed by atoms with van der Waals surface area (Å²) in [7, 11) is -10.00. The second-order valence-corrected chi connectivity index (χ2v) is 29.8. The molecule has 5 unspecified atom stereocenters. The van der Waals surface area contributed by atoms with Gasteiger partial charge in [0.15, 0.2) is 12.2 Å². The van der Waals surface area contributed by atoms with Crippen LogP contribution in [-0.2, 0) is 65.4 Å². The summed E-state index contributed by atoms with van der Waals surface area (Å²) in [6.07, 6.45) is 94.6. The van der Waals surface area contributed by atoms with Crippen molar-refractivity contribution in [2.24, 2.45) is 0 Å². The quantitative estimate of drug-likeness (QED) is 0.0169. The second kappa shape index (κ2) is 79.5. The summed E-state index contributed by atoms with van der Waals surface area (Å²) in [5, 5.41) is 10.7. The van der Waals surface area contributed by atoms with E-state index >= 15 is 0 Å². The molecule has 0 aromatic rings. The van der Waals surface area contributed by atoms with Crippen molar-refractivity contribution >= 4 is 39.5 Å². The van der Waals surface area contributed by atoms with E-state index in [-0.39, 0.29) is 25.7 Å². The van der Waals surface area contributed by atoms with Crippen molar-refractivity contribution in [2.45, 2.75) is 329 Å². The number of phosphoric ester groups is 2. The Morgan fingerprint density at radius 2 is 0.481 bits per heavy atom. The fraction of sp³-hybridized carbons (Fsp3) is 0.640. The zero-order chi connectivity index (χ0) is 78.9. The van der Waals surface area contributed by atoms with E-state index in [1.165, 1.54) is 25.7 Å². The number of allylic oxidation sites excluding steroid dienone is 28. The summed E-state index contributed by atoms with van der Waals surface area (Å²) >= 11 is 0. The van der Waals surface area contributed by atoms with Gasteiger partial charge in [0, 0.05) is 25.7 Å². The van der Waals surface area contributed by atoms with Crippen LogP contribution in [-0.4, -0.2) is 96.7 Å². The summed E-state index contributed by atoms with van der Waals surface area (Å²) in [6, 6.07) is 0. The highest BCUT2D eigenvalue weighted by Crippen LogP contribution is 2.45. The average Bonchev–Trinajstić information content (AvgIpc) is 0.892. The molecule has 0 radical (unpaired) electrons. The monoisotopic (exact) mass is 1550 g/mol. The lowest BCUT2D eigenvalue weighted by Crippen LogP contribution is -2.30. The summed E-state index contributed by atoms with van der Waals surface area (Å²) in [6.45, 7) is 4.43. The topological polar surface area (TPSA) is 237 Å². The van der Waals surface area contributed by atoms with E-state index < -0.39 is 97.5 Å². The van der Waals surface area contributed by atoms with Crippen LogP contribution in [0, 0.1) is 0 Å². The molecule has 3 N–H and O–H groups in total. The highest BCUT2D eigenvalue weighted by atomic mass is 31.2. The van der Waals surface area contributed by atoms with Crippen molar-refractivity contribution in [2.75, 3.05) is 39.6 Å². The maximum Gasteiger partial charge on any atom is 0.472 e. The van der Waals surface area contributed by atoms with E-state index in [2.05, 4.69) is 198 Å². The Kier molecular flexibility index (Phi) is 75.4. The Balaban J connectivity index is 5.45. The molecule has 0 heterocycles. The largest absolute Gasteiger partial charge is 0.472 e. The molecule has 0 spiro atoms. The van der Waals surface area contributed by atoms with Gasteiger partial charge in [-0.2, -0.15) is 0 Å². The SMILES string of the molecule is CC/C=C\C/C=C\C/C=C\C/C=C\C/C=C\CCCCCC(=O)OCC(COP(=O)(O)OCC(O)COP(=O)(O)OCC(COC(=O)CCCCCC/C=C\C/C=C\C/C=C\C/C=C\CC)OC(=O)CCCCCCC/C=C\CCCCCC)OC(=O)CCCCCCCC/C=C\C/C=C\C/C=C\C/C=C\CC. The van der Waals surface area contributed by atoms with Crippen molar-refractivity contribution in [3.8, 4) is 0 Å². The van der Waals surface area contributed by atoms with Gasteiger partial charge in [0.1, 0.15) is 19.3 Å². The highest BCUT2D eigenvalue weighted by molar-refractivity contribution is 7.47. The molecule has 19 heteroatoms. The van der Waals surface area contributed by atoms with E-state index in [1.807, 2.05) is 0 Å². The van der Waals surface area contributed by atoms with Gasteiger partial charge >= 0.3 is 39.5 Å². The van der Waals surface area contributed by atoms with E-state index in [9.17, 15) is 43.2 Å². The molecule has 0 saturated carbocycles. The first-order chi connectivity index (χ1) is 52.7. The van der Waals surface area contributed by atoms with Gasteiger partial charge in [0.2, 0.25) is 0 Å². The lowest BCUT2D eigenvalue weighted by atomic mass is 10.1. The van der Waals surface area contributed by atoms with Crippen LogP contribution in [0.4, 0.5) is 0 Å². The van der Waals surface area contributed by atoms with Gasteiger partial charge < -0.3 is 33.8 Å². The zero-order valence-corrected chi connectivity index (χ0v) is 69.0. The Morgan fingerprint density at radius 1 is 0.269 bits per heavy atom. The van der Waals surface area contributed by atoms with Gasteiger partial charge in [-0.3, -0.25) is 37.3 Å². The molecule has 0 aliphatic carbocycles. The number of carbonyl (C=O) groups excluding carboxylic acids is 4. The van der Waals surface area contributed by atoms with Crippen LogP contribution in [0.25, 0.3) is 0 Å². The minimum absolute atomic E-state index is 0.0643. The van der Waals surface area contributed by atoms with Gasteiger partial charge in [0.05, 0.1) is 26.4 Å². The predicted octanol–water partition coefficient (Wildman–Crippen LogP) is 24.6. The maximum absolute atomic E-state index is 13.1. The summed E-state index contributed by atoms with van der Waals surface area (Å²) < 4.78 is 68.7. The van der Waals surface area contributed by atoms with Crippen molar-refractivity contribution in [3.05, 3.63) is 170 Å². The van der Waals surface area contributed by atoms with Crippen molar-refractivity contribution in [1.82, 2.24) is 0 Å². The molecule has 0 aliphatic heterocycles. The number of phosphoric acid groups is 2. The molecule has 108 heavy (non-hydrogen) atoms. The maximum atomic E-state index is 13.1. The molecule has 0 fully saturated rings. The Bertz CT molecular complexity index is 2710. The molecule has 5 atom stereocenters. The second-order valence-electron chi connectivity index (χ2n) is 26.9. The van der Waals surface area contributed by atoms with Crippen LogP contribution in [0.5, 0.6) is 0 Å². The molecule has 17 nitrogen and oxygen atoms in total. The molecule has 0 saturated heterocycles. The van der Waals surface area contributed by atoms with Gasteiger partial charge in [0.25, 0.3) is 0 Å². The molecule has 0 rings (SSSR count). The smallest absolute Gasteiger partial charge is 0.462 e. The number of esters is 4. The lowest BCUT2D eigenvalue weighted by molar-refractivity contribution is -0.161. The third-order valence-electron chi connectivity index (χ3n) is 16.7. The molecule has 0 aliphatic rings. The van der Waals surface area contributed by atoms with Crippen LogP contribution in [0.2, 0.25) is 0 Å². The van der Waals surface area contributed by atoms with Crippen molar-refractivity contribution in [1.29, 1.82) is 0 Å². The van der Waals surface area contributed by atoms with E-state index in [4.69, 9.17) is 37.0 Å². The van der Waals surface area contributed by atoms with Gasteiger partial charge in [-0.15, -0.1) is 0 Å². The number of unbranched alkanes of at least 4 members (excludes halogenated alkanes) is 22. The minimum atomic E-state index is -5.00. The Morgan fingerprint density at radius 3 is 0.759 bits per heavy atom. The number of rotatable bonds is 76. The third kappa shape index (κ3) is 78.5. The van der Waals surface area contributed by atoms with Gasteiger partial charge in [-0.05, 0) is 173 Å². The van der Waals surface area contributed by atoms with Crippen LogP contribution in [0.3, 0.4) is 0 Å². The number of aliphatic hydroxyl groups excluding tert-OH is 1. The van der Waals surface area contributed by atoms with E-state index in [0.29, 0.717) is 25.7 Å². The van der Waals surface area contributed by atoms with Crippen LogP contribution in [0.1, 0.15) is 310 Å². The van der Waals surface area contributed by atoms with Gasteiger partial charge in [-0.1, -0.05) is 281 Å². The molecular formula is C89H146O17P2. The highest BCUT2D eigenvalue weighted by Gasteiger charge is 2.30. The Hall–Kier alpha value is -5.58. The van der Waals surface area contributed by atoms with E-state index in [1.54, 1.807) is 0 Å². The molecule has 0 aromatic carbocycles. The summed E-state index contributed by atoms with van der Waals surface area (Å²) in [5.41, 5.74) is 0. The molecule has 0 bridgehead atoms. The first kappa shape index (κ1) is 102. The first-order valence-electron chi connectivity index (χ1n) is 41.4. The lowest BCUT2D eigenvalue weighted by Gasteiger charge is -2.21. The van der Waals surface area contributed by atoms with Crippen LogP contribution >= 0.6 is 15.6 Å². The number of ether oxygens (including phenoxy) is 4. The average molecular weight is 1550 g/mol. The van der Waals surface area contributed by atoms with Crippen LogP contribution in [0.15, 0.2) is 170 Å². The predicted molar refractivity (Wildman–Crippen MR) is 445 cm³/mol. The molecule has 614 valence electrons. The van der Waals surface area contributed by atoms with Gasteiger partial charge in [-0.25, -0.2) is 9.13 Å². The van der Waals surface area contributed by atoms with Crippen LogP contribution < -0.4 is 0 Å². The van der Waals surface area contributed by atoms with Crippen molar-refractivity contribution in [3.63, 3.8) is 0 Å². The standard InChI is InChI=1S/C89H146O17P2/c1-5-9-13-17-21-25-29-33-36-39-41-44-47-51-54-58-62-66-70-74-87(92)100-80-85(106-89(94)76-72-68-64-60-56-52-48-45-42-40-37-34-30-26-22-18-14-10-6-2)82-104-108(97,98)102-78-83(90)77-101-107(95,96)103-81-84(105-88(93)75-71-67-63-59-55-49-32-28-24-20-16-12-8-4)79-99-86(91)73-69-65-61-57-53-50-46-43-38-35-31-27-23-19-15-11-7-3/h9-11,13-15,21-23,25-28,32-38,41-42,44-46,50-51,54,83-85,90H,5-8,12,16-20,24,29-31,39-40,43,47-49,52-53,55-82H2,1-4H3,(H,95,96)(H,97,98)/b13-9-,14-10-,15-11-,25-21-,26-22-,27-23-,32-28-,36-33-,37-34-,38-35-,44-41-,45-42-,50-46-,54-51-. The number of carbonyl (C=O) groups is 4. The molecule has 0 amide bonds. The number of hydrogen-bond donors (Lipinski definition) is 3.